The van der Waals surface area contributed by atoms with Crippen LogP contribution in [0.3, 0.4) is 0 Å². The normalized spacial score (nSPS) is 12.7. The number of aromatic nitrogens is 2. The van der Waals surface area contributed by atoms with Crippen LogP contribution in [0.2, 0.25) is 5.02 Å². The number of rotatable bonds is 4. The topological polar surface area (TPSA) is 29.9 Å². The van der Waals surface area contributed by atoms with Crippen molar-refractivity contribution in [2.45, 2.75) is 13.0 Å². The van der Waals surface area contributed by atoms with Crippen LogP contribution < -0.4 is 5.32 Å². The van der Waals surface area contributed by atoms with Gasteiger partial charge in [-0.3, -0.25) is 4.68 Å². The van der Waals surface area contributed by atoms with Gasteiger partial charge in [-0.15, -0.1) is 0 Å². The lowest BCUT2D eigenvalue weighted by Crippen LogP contribution is -2.22. The van der Waals surface area contributed by atoms with Gasteiger partial charge in [0.15, 0.2) is 0 Å². The fraction of sp³-hybridized carbons (Fsp3) is 0.308. The summed E-state index contributed by atoms with van der Waals surface area (Å²) in [7, 11) is 1.86. The lowest BCUT2D eigenvalue weighted by molar-refractivity contribution is 0.613. The van der Waals surface area contributed by atoms with Crippen LogP contribution in [0.4, 0.5) is 4.39 Å². The zero-order valence-electron chi connectivity index (χ0n) is 10.3. The quantitative estimate of drug-likeness (QED) is 0.923. The maximum absolute atomic E-state index is 13.1. The average Bonchev–Trinajstić information content (AvgIpc) is 2.73. The maximum atomic E-state index is 13.1. The highest BCUT2D eigenvalue weighted by Crippen LogP contribution is 2.28. The van der Waals surface area contributed by atoms with Crippen LogP contribution in [0.1, 0.15) is 24.1 Å². The molecular formula is C13H15ClFN3. The second-order valence-corrected chi connectivity index (χ2v) is 4.51. The summed E-state index contributed by atoms with van der Waals surface area (Å²) in [5.41, 5.74) is 1.86. The average molecular weight is 268 g/mol. The largest absolute Gasteiger partial charge is 0.306 e. The van der Waals surface area contributed by atoms with E-state index in [4.69, 9.17) is 11.6 Å². The molecular weight excluding hydrogens is 253 g/mol. The molecule has 5 heteroatoms. The van der Waals surface area contributed by atoms with E-state index in [2.05, 4.69) is 10.4 Å². The number of nitrogens with one attached hydrogen (secondary N) is 1. The minimum Gasteiger partial charge on any atom is -0.306 e. The Hall–Kier alpha value is -1.39. The lowest BCUT2D eigenvalue weighted by Gasteiger charge is -2.18. The Labute approximate surface area is 111 Å². The molecule has 2 rings (SSSR count). The number of hydrogen-bond acceptors (Lipinski definition) is 2. The van der Waals surface area contributed by atoms with Crippen LogP contribution in [0.5, 0.6) is 0 Å². The summed E-state index contributed by atoms with van der Waals surface area (Å²) in [5, 5.41) is 7.90. The first kappa shape index (κ1) is 13.1. The van der Waals surface area contributed by atoms with Crippen molar-refractivity contribution in [1.29, 1.82) is 0 Å². The molecule has 0 saturated carbocycles. The van der Waals surface area contributed by atoms with Crippen LogP contribution in [0, 0.1) is 5.82 Å². The van der Waals surface area contributed by atoms with Crippen LogP contribution in [-0.2, 0) is 7.05 Å². The Kier molecular flexibility index (Phi) is 3.99. The Morgan fingerprint density at radius 2 is 2.28 bits per heavy atom. The van der Waals surface area contributed by atoms with Gasteiger partial charge in [0.05, 0.1) is 12.2 Å². The molecule has 0 aliphatic rings. The van der Waals surface area contributed by atoms with Crippen molar-refractivity contribution in [2.75, 3.05) is 6.54 Å². The van der Waals surface area contributed by atoms with E-state index >= 15 is 0 Å². The second kappa shape index (κ2) is 5.50. The predicted molar refractivity (Wildman–Crippen MR) is 70.1 cm³/mol. The van der Waals surface area contributed by atoms with Crippen LogP contribution in [0.15, 0.2) is 30.6 Å². The minimum absolute atomic E-state index is 0.0724. The number of benzene rings is 1. The van der Waals surface area contributed by atoms with Gasteiger partial charge in [0, 0.05) is 23.8 Å². The summed E-state index contributed by atoms with van der Waals surface area (Å²) in [5.74, 6) is -0.329. The van der Waals surface area contributed by atoms with Crippen molar-refractivity contribution in [3.63, 3.8) is 0 Å². The molecule has 1 N–H and O–H groups in total. The van der Waals surface area contributed by atoms with Gasteiger partial charge in [-0.25, -0.2) is 4.39 Å². The molecule has 1 aromatic carbocycles. The first-order chi connectivity index (χ1) is 8.61. The highest BCUT2D eigenvalue weighted by Gasteiger charge is 2.17. The van der Waals surface area contributed by atoms with Gasteiger partial charge in [0.1, 0.15) is 5.82 Å². The SMILES string of the molecule is CCNC(c1cnn(C)c1)c1ccc(F)cc1Cl. The molecule has 0 spiro atoms. The molecule has 2 aromatic rings. The van der Waals surface area contributed by atoms with E-state index in [0.717, 1.165) is 17.7 Å². The van der Waals surface area contributed by atoms with Crippen LogP contribution in [0.25, 0.3) is 0 Å². The summed E-state index contributed by atoms with van der Waals surface area (Å²) in [6.07, 6.45) is 3.71. The summed E-state index contributed by atoms with van der Waals surface area (Å²) in [6, 6.07) is 4.38. The van der Waals surface area contributed by atoms with E-state index in [0.29, 0.717) is 5.02 Å². The summed E-state index contributed by atoms with van der Waals surface area (Å²) < 4.78 is 14.8. The summed E-state index contributed by atoms with van der Waals surface area (Å²) in [6.45, 7) is 2.80. The zero-order chi connectivity index (χ0) is 13.1. The molecule has 1 heterocycles. The molecule has 0 radical (unpaired) electrons. The molecule has 1 unspecified atom stereocenters. The molecule has 1 aromatic heterocycles. The van der Waals surface area contributed by atoms with Crippen LogP contribution >= 0.6 is 11.6 Å². The van der Waals surface area contributed by atoms with E-state index in [1.165, 1.54) is 12.1 Å². The Bertz CT molecular complexity index is 539. The van der Waals surface area contributed by atoms with Gasteiger partial charge in [-0.2, -0.15) is 5.10 Å². The second-order valence-electron chi connectivity index (χ2n) is 4.10. The molecule has 0 amide bonds. The first-order valence-corrected chi connectivity index (χ1v) is 6.16. The third kappa shape index (κ3) is 2.71. The molecule has 0 saturated heterocycles. The third-order valence-electron chi connectivity index (χ3n) is 2.74. The zero-order valence-corrected chi connectivity index (χ0v) is 11.1. The maximum Gasteiger partial charge on any atom is 0.124 e. The smallest absolute Gasteiger partial charge is 0.124 e. The van der Waals surface area contributed by atoms with Gasteiger partial charge in [0.25, 0.3) is 0 Å². The van der Waals surface area contributed by atoms with Gasteiger partial charge in [-0.05, 0) is 24.2 Å². The van der Waals surface area contributed by atoms with E-state index in [1.54, 1.807) is 16.9 Å². The standard InChI is InChI=1S/C13H15ClFN3/c1-3-16-13(9-7-17-18(2)8-9)11-5-4-10(15)6-12(11)14/h4-8,13,16H,3H2,1-2H3. The van der Waals surface area contributed by atoms with Crippen molar-refractivity contribution < 1.29 is 4.39 Å². The van der Waals surface area contributed by atoms with Crippen molar-refractivity contribution in [3.8, 4) is 0 Å². The van der Waals surface area contributed by atoms with Gasteiger partial charge < -0.3 is 5.32 Å². The molecule has 0 bridgehead atoms. The first-order valence-electron chi connectivity index (χ1n) is 5.78. The third-order valence-corrected chi connectivity index (χ3v) is 3.07. The Morgan fingerprint density at radius 3 is 2.83 bits per heavy atom. The van der Waals surface area contributed by atoms with E-state index < -0.39 is 0 Å². The highest BCUT2D eigenvalue weighted by atomic mass is 35.5. The number of aryl methyl sites for hydroxylation is 1. The molecule has 0 aliphatic carbocycles. The molecule has 96 valence electrons. The number of nitrogens with zero attached hydrogens (tertiary/aromatic N) is 2. The van der Waals surface area contributed by atoms with E-state index in [-0.39, 0.29) is 11.9 Å². The number of halogens is 2. The number of hydrogen-bond donors (Lipinski definition) is 1. The van der Waals surface area contributed by atoms with E-state index in [9.17, 15) is 4.39 Å². The van der Waals surface area contributed by atoms with Crippen LogP contribution in [-0.4, -0.2) is 16.3 Å². The molecule has 18 heavy (non-hydrogen) atoms. The summed E-state index contributed by atoms with van der Waals surface area (Å²) >= 11 is 6.11. The fourth-order valence-corrected chi connectivity index (χ4v) is 2.21. The van der Waals surface area contributed by atoms with Crippen molar-refractivity contribution in [1.82, 2.24) is 15.1 Å². The van der Waals surface area contributed by atoms with Crippen molar-refractivity contribution in [3.05, 3.63) is 52.6 Å². The van der Waals surface area contributed by atoms with Gasteiger partial charge >= 0.3 is 0 Å². The van der Waals surface area contributed by atoms with E-state index in [1.807, 2.05) is 20.2 Å². The monoisotopic (exact) mass is 267 g/mol. The van der Waals surface area contributed by atoms with Gasteiger partial charge in [-0.1, -0.05) is 24.6 Å². The molecule has 3 nitrogen and oxygen atoms in total. The Balaban J connectivity index is 2.41. The van der Waals surface area contributed by atoms with Crippen molar-refractivity contribution in [2.24, 2.45) is 7.05 Å². The van der Waals surface area contributed by atoms with Crippen molar-refractivity contribution >= 4 is 11.6 Å². The predicted octanol–water partition coefficient (Wildman–Crippen LogP) is 2.91. The Morgan fingerprint density at radius 1 is 1.50 bits per heavy atom. The lowest BCUT2D eigenvalue weighted by atomic mass is 10.0. The molecule has 0 fully saturated rings. The summed E-state index contributed by atoms with van der Waals surface area (Å²) in [4.78, 5) is 0. The highest BCUT2D eigenvalue weighted by molar-refractivity contribution is 6.31. The van der Waals surface area contributed by atoms with Gasteiger partial charge in [0.2, 0.25) is 0 Å². The fourth-order valence-electron chi connectivity index (χ4n) is 1.94. The molecule has 0 aliphatic heterocycles. The minimum atomic E-state index is -0.329. The molecule has 1 atom stereocenters.